The van der Waals surface area contributed by atoms with Crippen molar-refractivity contribution >= 4 is 5.91 Å². The summed E-state index contributed by atoms with van der Waals surface area (Å²) in [6, 6.07) is 3.90. The number of nitrogens with zero attached hydrogens (tertiary/aromatic N) is 1. The van der Waals surface area contributed by atoms with Crippen molar-refractivity contribution in [1.82, 2.24) is 15.3 Å². The van der Waals surface area contributed by atoms with Gasteiger partial charge >= 0.3 is 0 Å². The molecule has 0 radical (unpaired) electrons. The molecule has 2 aromatic heterocycles. The average molecular weight is 243 g/mol. The van der Waals surface area contributed by atoms with Gasteiger partial charge < -0.3 is 10.3 Å². The molecule has 4 nitrogen and oxygen atoms in total. The summed E-state index contributed by atoms with van der Waals surface area (Å²) >= 11 is 0. The van der Waals surface area contributed by atoms with Gasteiger partial charge in [0.2, 0.25) is 0 Å². The van der Waals surface area contributed by atoms with E-state index in [-0.39, 0.29) is 5.91 Å². The fraction of sp³-hybridized carbons (Fsp3) is 0.286. The summed E-state index contributed by atoms with van der Waals surface area (Å²) < 4.78 is 0. The van der Waals surface area contributed by atoms with Crippen molar-refractivity contribution in [1.29, 1.82) is 0 Å². The number of aromatic nitrogens is 2. The minimum atomic E-state index is -0.0857. The third-order valence-electron chi connectivity index (χ3n) is 2.98. The molecule has 2 N–H and O–H groups in total. The molecule has 0 aliphatic rings. The van der Waals surface area contributed by atoms with Gasteiger partial charge in [0.05, 0.1) is 0 Å². The Morgan fingerprint density at radius 1 is 1.33 bits per heavy atom. The van der Waals surface area contributed by atoms with E-state index in [0.717, 1.165) is 22.4 Å². The van der Waals surface area contributed by atoms with Gasteiger partial charge in [-0.25, -0.2) is 0 Å². The van der Waals surface area contributed by atoms with E-state index in [0.29, 0.717) is 12.2 Å². The first-order valence-corrected chi connectivity index (χ1v) is 5.92. The van der Waals surface area contributed by atoms with Gasteiger partial charge in [0.1, 0.15) is 5.69 Å². The first kappa shape index (κ1) is 12.4. The van der Waals surface area contributed by atoms with E-state index < -0.39 is 0 Å². The van der Waals surface area contributed by atoms with Gasteiger partial charge in [-0.2, -0.15) is 0 Å². The number of carbonyl (C=O) groups is 1. The smallest absolute Gasteiger partial charge is 0.268 e. The molecule has 2 rings (SSSR count). The van der Waals surface area contributed by atoms with Crippen LogP contribution in [0.1, 0.15) is 32.9 Å². The molecule has 0 aliphatic carbocycles. The second kappa shape index (κ2) is 5.04. The summed E-state index contributed by atoms with van der Waals surface area (Å²) in [6.07, 6.45) is 3.58. The van der Waals surface area contributed by atoms with Crippen molar-refractivity contribution in [3.8, 4) is 0 Å². The maximum Gasteiger partial charge on any atom is 0.268 e. The number of pyridine rings is 1. The maximum absolute atomic E-state index is 11.9. The Morgan fingerprint density at radius 3 is 2.72 bits per heavy atom. The van der Waals surface area contributed by atoms with Crippen molar-refractivity contribution < 1.29 is 4.79 Å². The minimum Gasteiger partial charge on any atom is -0.357 e. The zero-order chi connectivity index (χ0) is 13.1. The van der Waals surface area contributed by atoms with Gasteiger partial charge in [0.25, 0.3) is 5.91 Å². The topological polar surface area (TPSA) is 57.8 Å². The number of aryl methyl sites for hydroxylation is 3. The summed E-state index contributed by atoms with van der Waals surface area (Å²) in [7, 11) is 0. The lowest BCUT2D eigenvalue weighted by Crippen LogP contribution is -2.24. The SMILES string of the molecule is Cc1cc(C)c(CNC(=O)c2[nH]ccc2C)cn1. The normalized spacial score (nSPS) is 10.4. The highest BCUT2D eigenvalue weighted by Crippen LogP contribution is 2.08. The fourth-order valence-electron chi connectivity index (χ4n) is 1.87. The molecule has 0 bridgehead atoms. The summed E-state index contributed by atoms with van der Waals surface area (Å²) in [5.74, 6) is -0.0857. The lowest BCUT2D eigenvalue weighted by molar-refractivity contribution is 0.0946. The van der Waals surface area contributed by atoms with Gasteiger partial charge in [-0.3, -0.25) is 9.78 Å². The third-order valence-corrected chi connectivity index (χ3v) is 2.98. The molecule has 2 aromatic rings. The molecule has 1 amide bonds. The molecule has 2 heterocycles. The Kier molecular flexibility index (Phi) is 3.46. The lowest BCUT2D eigenvalue weighted by Gasteiger charge is -2.08. The Hall–Kier alpha value is -2.10. The second-order valence-corrected chi connectivity index (χ2v) is 4.47. The summed E-state index contributed by atoms with van der Waals surface area (Å²) in [6.45, 7) is 6.38. The highest BCUT2D eigenvalue weighted by molar-refractivity contribution is 5.93. The van der Waals surface area contributed by atoms with Crippen LogP contribution in [0.3, 0.4) is 0 Å². The molecular formula is C14H17N3O. The molecule has 0 fully saturated rings. The predicted molar refractivity (Wildman–Crippen MR) is 70.4 cm³/mol. The van der Waals surface area contributed by atoms with Crippen molar-refractivity contribution in [3.63, 3.8) is 0 Å². The lowest BCUT2D eigenvalue weighted by atomic mass is 10.1. The highest BCUT2D eigenvalue weighted by Gasteiger charge is 2.09. The van der Waals surface area contributed by atoms with Crippen LogP contribution in [0.2, 0.25) is 0 Å². The standard InChI is InChI=1S/C14H17N3O/c1-9-4-5-15-13(9)14(18)17-8-12-7-16-11(3)6-10(12)2/h4-7,15H,8H2,1-3H3,(H,17,18). The van der Waals surface area contributed by atoms with E-state index in [4.69, 9.17) is 0 Å². The summed E-state index contributed by atoms with van der Waals surface area (Å²) in [5.41, 5.74) is 4.74. The predicted octanol–water partition coefficient (Wildman–Crippen LogP) is 2.26. The van der Waals surface area contributed by atoms with Gasteiger partial charge in [-0.1, -0.05) is 0 Å². The molecule has 94 valence electrons. The molecule has 0 atom stereocenters. The Labute approximate surface area is 106 Å². The van der Waals surface area contributed by atoms with Crippen LogP contribution in [-0.2, 0) is 6.54 Å². The van der Waals surface area contributed by atoms with E-state index in [1.165, 1.54) is 0 Å². The van der Waals surface area contributed by atoms with E-state index in [1.807, 2.05) is 39.1 Å². The van der Waals surface area contributed by atoms with Crippen LogP contribution < -0.4 is 5.32 Å². The Balaban J connectivity index is 2.04. The largest absolute Gasteiger partial charge is 0.357 e. The van der Waals surface area contributed by atoms with Crippen LogP contribution in [0.15, 0.2) is 24.5 Å². The molecule has 0 unspecified atom stereocenters. The van der Waals surface area contributed by atoms with Crippen molar-refractivity contribution in [2.75, 3.05) is 0 Å². The molecule has 0 spiro atoms. The number of hydrogen-bond donors (Lipinski definition) is 2. The first-order chi connectivity index (χ1) is 8.58. The van der Waals surface area contributed by atoms with Crippen molar-refractivity contribution in [3.05, 3.63) is 52.6 Å². The number of aromatic amines is 1. The Morgan fingerprint density at radius 2 is 2.11 bits per heavy atom. The number of nitrogens with one attached hydrogen (secondary N) is 2. The molecular weight excluding hydrogens is 226 g/mol. The second-order valence-electron chi connectivity index (χ2n) is 4.47. The fourth-order valence-corrected chi connectivity index (χ4v) is 1.87. The molecule has 0 saturated carbocycles. The number of amides is 1. The molecule has 0 aromatic carbocycles. The molecule has 4 heteroatoms. The van der Waals surface area contributed by atoms with Gasteiger partial charge in [-0.05, 0) is 49.6 Å². The third kappa shape index (κ3) is 2.59. The highest BCUT2D eigenvalue weighted by atomic mass is 16.1. The monoisotopic (exact) mass is 243 g/mol. The number of hydrogen-bond acceptors (Lipinski definition) is 2. The van der Waals surface area contributed by atoms with Crippen LogP contribution in [0.5, 0.6) is 0 Å². The zero-order valence-corrected chi connectivity index (χ0v) is 10.9. The van der Waals surface area contributed by atoms with Gasteiger partial charge in [0, 0.05) is 24.6 Å². The average Bonchev–Trinajstić information content (AvgIpc) is 2.74. The van der Waals surface area contributed by atoms with E-state index in [1.54, 1.807) is 6.20 Å². The maximum atomic E-state index is 11.9. The Bertz CT molecular complexity index is 572. The van der Waals surface area contributed by atoms with Crippen LogP contribution in [0, 0.1) is 20.8 Å². The zero-order valence-electron chi connectivity index (χ0n) is 10.9. The number of carbonyl (C=O) groups excluding carboxylic acids is 1. The van der Waals surface area contributed by atoms with Gasteiger partial charge in [0.15, 0.2) is 0 Å². The number of rotatable bonds is 3. The van der Waals surface area contributed by atoms with Crippen LogP contribution in [0.4, 0.5) is 0 Å². The molecule has 0 saturated heterocycles. The van der Waals surface area contributed by atoms with Crippen LogP contribution >= 0.6 is 0 Å². The summed E-state index contributed by atoms with van der Waals surface area (Å²) in [4.78, 5) is 19.1. The van der Waals surface area contributed by atoms with E-state index >= 15 is 0 Å². The first-order valence-electron chi connectivity index (χ1n) is 5.92. The van der Waals surface area contributed by atoms with Gasteiger partial charge in [-0.15, -0.1) is 0 Å². The quantitative estimate of drug-likeness (QED) is 0.868. The van der Waals surface area contributed by atoms with Crippen molar-refractivity contribution in [2.24, 2.45) is 0 Å². The molecule has 18 heavy (non-hydrogen) atoms. The van der Waals surface area contributed by atoms with Crippen molar-refractivity contribution in [2.45, 2.75) is 27.3 Å². The minimum absolute atomic E-state index is 0.0857. The number of H-pyrrole nitrogens is 1. The van der Waals surface area contributed by atoms with Crippen LogP contribution in [-0.4, -0.2) is 15.9 Å². The van der Waals surface area contributed by atoms with Crippen LogP contribution in [0.25, 0.3) is 0 Å². The van der Waals surface area contributed by atoms with E-state index in [2.05, 4.69) is 15.3 Å². The molecule has 0 aliphatic heterocycles. The summed E-state index contributed by atoms with van der Waals surface area (Å²) in [5, 5.41) is 2.89. The van der Waals surface area contributed by atoms with E-state index in [9.17, 15) is 4.79 Å².